The Morgan fingerprint density at radius 1 is 1.31 bits per heavy atom. The minimum atomic E-state index is -0.276. The van der Waals surface area contributed by atoms with Gasteiger partial charge >= 0.3 is 11.9 Å². The molecule has 1 atom stereocenters. The number of carbonyl (C=O) groups is 2. The molecule has 0 heterocycles. The van der Waals surface area contributed by atoms with Crippen LogP contribution in [0.5, 0.6) is 0 Å². The number of hydrogen-bond acceptors (Lipinski definition) is 5. The van der Waals surface area contributed by atoms with E-state index < -0.39 is 0 Å². The first-order chi connectivity index (χ1) is 6.11. The van der Waals surface area contributed by atoms with E-state index >= 15 is 0 Å². The van der Waals surface area contributed by atoms with Gasteiger partial charge in [0.15, 0.2) is 0 Å². The summed E-state index contributed by atoms with van der Waals surface area (Å²) in [6.45, 7) is 1.76. The number of carbonyl (C=O) groups excluding carboxylic acids is 2. The molecule has 0 saturated carbocycles. The van der Waals surface area contributed by atoms with Gasteiger partial charge in [0.2, 0.25) is 0 Å². The maximum atomic E-state index is 10.9. The van der Waals surface area contributed by atoms with E-state index in [9.17, 15) is 9.59 Å². The molecule has 0 unspecified atom stereocenters. The summed E-state index contributed by atoms with van der Waals surface area (Å²) in [6.07, 6.45) is 0. The molecule has 0 saturated heterocycles. The van der Waals surface area contributed by atoms with Gasteiger partial charge < -0.3 is 9.47 Å². The molecule has 0 radical (unpaired) electrons. The van der Waals surface area contributed by atoms with Crippen molar-refractivity contribution >= 4 is 23.7 Å². The van der Waals surface area contributed by atoms with Crippen LogP contribution in [0.2, 0.25) is 0 Å². The van der Waals surface area contributed by atoms with Gasteiger partial charge in [-0.15, -0.1) is 11.8 Å². The van der Waals surface area contributed by atoms with Gasteiger partial charge in [0.05, 0.1) is 25.9 Å². The standard InChI is InChI=1S/C8H14O4S/c1-6(8(10)12-3)4-13-5-7(9)11-2/h6H,4-5H2,1-3H3/t6-/m1/s1. The van der Waals surface area contributed by atoms with E-state index in [0.29, 0.717) is 5.75 Å². The van der Waals surface area contributed by atoms with Crippen LogP contribution in [0.4, 0.5) is 0 Å². The smallest absolute Gasteiger partial charge is 0.315 e. The maximum absolute atomic E-state index is 10.9. The summed E-state index contributed by atoms with van der Waals surface area (Å²) < 4.78 is 8.97. The zero-order chi connectivity index (χ0) is 10.3. The molecule has 0 aliphatic heterocycles. The number of hydrogen-bond donors (Lipinski definition) is 0. The van der Waals surface area contributed by atoms with E-state index in [1.807, 2.05) is 0 Å². The fourth-order valence-corrected chi connectivity index (χ4v) is 1.54. The van der Waals surface area contributed by atoms with Crippen molar-refractivity contribution in [2.45, 2.75) is 6.92 Å². The molecule has 0 spiro atoms. The lowest BCUT2D eigenvalue weighted by molar-refractivity contribution is -0.144. The fourth-order valence-electron chi connectivity index (χ4n) is 0.647. The molecule has 5 heteroatoms. The zero-order valence-electron chi connectivity index (χ0n) is 8.03. The van der Waals surface area contributed by atoms with Crippen LogP contribution < -0.4 is 0 Å². The summed E-state index contributed by atoms with van der Waals surface area (Å²) in [4.78, 5) is 21.6. The molecule has 0 amide bonds. The monoisotopic (exact) mass is 206 g/mol. The SMILES string of the molecule is COC(=O)CSC[C@@H](C)C(=O)OC. The van der Waals surface area contributed by atoms with Crippen molar-refractivity contribution < 1.29 is 19.1 Å². The highest BCUT2D eigenvalue weighted by Gasteiger charge is 2.13. The van der Waals surface area contributed by atoms with Gasteiger partial charge in [-0.3, -0.25) is 9.59 Å². The Kier molecular flexibility index (Phi) is 6.40. The molecule has 0 aromatic rings. The normalized spacial score (nSPS) is 11.9. The summed E-state index contributed by atoms with van der Waals surface area (Å²) in [5.41, 5.74) is 0. The Labute approximate surface area is 82.0 Å². The summed E-state index contributed by atoms with van der Waals surface area (Å²) in [5.74, 6) is 0.138. The molecule has 76 valence electrons. The first kappa shape index (κ1) is 12.3. The van der Waals surface area contributed by atoms with Gasteiger partial charge in [0.25, 0.3) is 0 Å². The molecule has 4 nitrogen and oxygen atoms in total. The summed E-state index contributed by atoms with van der Waals surface area (Å²) in [5, 5.41) is 0. The van der Waals surface area contributed by atoms with E-state index in [0.717, 1.165) is 0 Å². The van der Waals surface area contributed by atoms with Crippen molar-refractivity contribution in [2.24, 2.45) is 5.92 Å². The topological polar surface area (TPSA) is 52.6 Å². The van der Waals surface area contributed by atoms with Gasteiger partial charge in [-0.2, -0.15) is 0 Å². The Bertz CT molecular complexity index is 181. The second kappa shape index (κ2) is 6.77. The highest BCUT2D eigenvalue weighted by atomic mass is 32.2. The predicted molar refractivity (Wildman–Crippen MR) is 50.5 cm³/mol. The van der Waals surface area contributed by atoms with Crippen LogP contribution in [0.25, 0.3) is 0 Å². The van der Waals surface area contributed by atoms with Gasteiger partial charge in [-0.25, -0.2) is 0 Å². The quantitative estimate of drug-likeness (QED) is 0.620. The second-order valence-electron chi connectivity index (χ2n) is 2.52. The van der Waals surface area contributed by atoms with E-state index in [1.165, 1.54) is 26.0 Å². The zero-order valence-corrected chi connectivity index (χ0v) is 8.85. The second-order valence-corrected chi connectivity index (χ2v) is 3.55. The summed E-state index contributed by atoms with van der Waals surface area (Å²) in [6, 6.07) is 0. The lowest BCUT2D eigenvalue weighted by atomic mass is 10.2. The summed E-state index contributed by atoms with van der Waals surface area (Å²) >= 11 is 1.36. The van der Waals surface area contributed by atoms with Crippen LogP contribution in [-0.2, 0) is 19.1 Å². The van der Waals surface area contributed by atoms with Gasteiger partial charge in [0.1, 0.15) is 0 Å². The van der Waals surface area contributed by atoms with Crippen LogP contribution in [0, 0.1) is 5.92 Å². The van der Waals surface area contributed by atoms with Crippen molar-refractivity contribution in [3.8, 4) is 0 Å². The molecular weight excluding hydrogens is 192 g/mol. The largest absolute Gasteiger partial charge is 0.469 e. The average Bonchev–Trinajstić information content (AvgIpc) is 2.15. The van der Waals surface area contributed by atoms with Crippen molar-refractivity contribution in [2.75, 3.05) is 25.7 Å². The molecule has 0 aliphatic rings. The van der Waals surface area contributed by atoms with Crippen molar-refractivity contribution in [1.82, 2.24) is 0 Å². The van der Waals surface area contributed by atoms with Gasteiger partial charge in [-0.1, -0.05) is 6.92 Å². The highest BCUT2D eigenvalue weighted by Crippen LogP contribution is 2.09. The lowest BCUT2D eigenvalue weighted by Gasteiger charge is -2.07. The Morgan fingerprint density at radius 2 is 1.92 bits per heavy atom. The van der Waals surface area contributed by atoms with Crippen LogP contribution in [0.15, 0.2) is 0 Å². The van der Waals surface area contributed by atoms with Crippen LogP contribution >= 0.6 is 11.8 Å². The van der Waals surface area contributed by atoms with Gasteiger partial charge in [0, 0.05) is 5.75 Å². The number of rotatable bonds is 5. The molecule has 0 aromatic carbocycles. The van der Waals surface area contributed by atoms with E-state index in [-0.39, 0.29) is 23.6 Å². The molecule has 0 rings (SSSR count). The van der Waals surface area contributed by atoms with Crippen LogP contribution in [0.1, 0.15) is 6.92 Å². The Morgan fingerprint density at radius 3 is 2.38 bits per heavy atom. The third-order valence-corrected chi connectivity index (χ3v) is 2.59. The fraction of sp³-hybridized carbons (Fsp3) is 0.750. The number of esters is 2. The predicted octanol–water partition coefficient (Wildman–Crippen LogP) is 0.702. The maximum Gasteiger partial charge on any atom is 0.315 e. The molecular formula is C8H14O4S. The number of thioether (sulfide) groups is 1. The van der Waals surface area contributed by atoms with Gasteiger partial charge in [-0.05, 0) is 0 Å². The first-order valence-electron chi connectivity index (χ1n) is 3.84. The van der Waals surface area contributed by atoms with E-state index in [2.05, 4.69) is 9.47 Å². The third kappa shape index (κ3) is 5.52. The molecule has 0 fully saturated rings. The van der Waals surface area contributed by atoms with Crippen LogP contribution in [-0.4, -0.2) is 37.7 Å². The number of methoxy groups -OCH3 is 2. The van der Waals surface area contributed by atoms with E-state index in [1.54, 1.807) is 6.92 Å². The highest BCUT2D eigenvalue weighted by molar-refractivity contribution is 7.99. The number of ether oxygens (including phenoxy) is 2. The third-order valence-electron chi connectivity index (χ3n) is 1.42. The lowest BCUT2D eigenvalue weighted by Crippen LogP contribution is -2.16. The molecule has 13 heavy (non-hydrogen) atoms. The van der Waals surface area contributed by atoms with E-state index in [4.69, 9.17) is 0 Å². The first-order valence-corrected chi connectivity index (χ1v) is 4.99. The molecule has 0 aromatic heterocycles. The average molecular weight is 206 g/mol. The summed E-state index contributed by atoms with van der Waals surface area (Å²) in [7, 11) is 2.69. The van der Waals surface area contributed by atoms with Crippen molar-refractivity contribution in [1.29, 1.82) is 0 Å². The molecule has 0 bridgehead atoms. The molecule has 0 N–H and O–H groups in total. The van der Waals surface area contributed by atoms with Crippen molar-refractivity contribution in [3.05, 3.63) is 0 Å². The minimum absolute atomic E-state index is 0.181. The minimum Gasteiger partial charge on any atom is -0.469 e. The van der Waals surface area contributed by atoms with Crippen molar-refractivity contribution in [3.63, 3.8) is 0 Å². The van der Waals surface area contributed by atoms with Crippen LogP contribution in [0.3, 0.4) is 0 Å². The Hall–Kier alpha value is -0.710. The Balaban J connectivity index is 3.53. The molecule has 0 aliphatic carbocycles.